The molecule has 0 bridgehead atoms. The molecule has 8 heteroatoms. The van der Waals surface area contributed by atoms with Crippen molar-refractivity contribution in [3.8, 4) is 5.69 Å². The Morgan fingerprint density at radius 3 is 2.70 bits per heavy atom. The van der Waals surface area contributed by atoms with Crippen molar-refractivity contribution < 1.29 is 4.39 Å². The SMILES string of the molecule is Cn1cc(F)c(=O)n(Cc2ccn(-c3ccccc3Cl)n2)c1=O. The fraction of sp³-hybridized carbons (Fsp3) is 0.133. The second-order valence-corrected chi connectivity index (χ2v) is 5.37. The molecule has 3 aromatic rings. The molecule has 3 rings (SSSR count). The van der Waals surface area contributed by atoms with E-state index < -0.39 is 17.1 Å². The zero-order valence-corrected chi connectivity index (χ0v) is 12.9. The largest absolute Gasteiger partial charge is 0.331 e. The van der Waals surface area contributed by atoms with E-state index >= 15 is 0 Å². The van der Waals surface area contributed by atoms with E-state index in [-0.39, 0.29) is 6.54 Å². The molecule has 2 heterocycles. The van der Waals surface area contributed by atoms with E-state index in [4.69, 9.17) is 11.6 Å². The fourth-order valence-corrected chi connectivity index (χ4v) is 2.43. The van der Waals surface area contributed by atoms with Crippen molar-refractivity contribution in [2.75, 3.05) is 0 Å². The molecule has 0 saturated carbocycles. The van der Waals surface area contributed by atoms with E-state index in [2.05, 4.69) is 5.10 Å². The van der Waals surface area contributed by atoms with Crippen LogP contribution in [0.25, 0.3) is 5.69 Å². The minimum Gasteiger partial charge on any atom is -0.301 e. The summed E-state index contributed by atoms with van der Waals surface area (Å²) in [6, 6.07) is 8.76. The van der Waals surface area contributed by atoms with E-state index in [0.717, 1.165) is 15.3 Å². The Kier molecular flexibility index (Phi) is 3.87. The molecule has 0 saturated heterocycles. The number of benzene rings is 1. The van der Waals surface area contributed by atoms with Crippen LogP contribution in [0.2, 0.25) is 5.02 Å². The van der Waals surface area contributed by atoms with Gasteiger partial charge in [0.15, 0.2) is 0 Å². The maximum Gasteiger partial charge on any atom is 0.331 e. The molecule has 0 aliphatic heterocycles. The predicted molar refractivity (Wildman–Crippen MR) is 83.6 cm³/mol. The Bertz CT molecular complexity index is 955. The van der Waals surface area contributed by atoms with E-state index in [1.54, 1.807) is 30.5 Å². The molecule has 0 spiro atoms. The number of hydrogen-bond acceptors (Lipinski definition) is 3. The molecule has 0 aliphatic rings. The van der Waals surface area contributed by atoms with E-state index in [0.29, 0.717) is 16.4 Å². The normalized spacial score (nSPS) is 10.9. The number of rotatable bonds is 3. The zero-order chi connectivity index (χ0) is 16.6. The first-order chi connectivity index (χ1) is 11.0. The number of aryl methyl sites for hydroxylation is 1. The summed E-state index contributed by atoms with van der Waals surface area (Å²) in [4.78, 5) is 23.8. The Morgan fingerprint density at radius 2 is 1.96 bits per heavy atom. The molecule has 0 N–H and O–H groups in total. The van der Waals surface area contributed by atoms with Crippen molar-refractivity contribution in [2.24, 2.45) is 7.05 Å². The van der Waals surface area contributed by atoms with Crippen LogP contribution in [-0.2, 0) is 13.6 Å². The van der Waals surface area contributed by atoms with E-state index in [1.165, 1.54) is 11.7 Å². The molecule has 2 aromatic heterocycles. The Labute approximate surface area is 135 Å². The van der Waals surface area contributed by atoms with Crippen LogP contribution in [0, 0.1) is 5.82 Å². The summed E-state index contributed by atoms with van der Waals surface area (Å²) in [6.07, 6.45) is 2.52. The molecule has 0 unspecified atom stereocenters. The average molecular weight is 335 g/mol. The van der Waals surface area contributed by atoms with Crippen molar-refractivity contribution in [3.63, 3.8) is 0 Å². The maximum atomic E-state index is 13.5. The highest BCUT2D eigenvalue weighted by Gasteiger charge is 2.12. The Balaban J connectivity index is 2.00. The predicted octanol–water partition coefficient (Wildman–Crippen LogP) is 1.57. The fourth-order valence-electron chi connectivity index (χ4n) is 2.21. The number of halogens is 2. The van der Waals surface area contributed by atoms with Gasteiger partial charge in [-0.05, 0) is 18.2 Å². The lowest BCUT2D eigenvalue weighted by Gasteiger charge is -2.06. The van der Waals surface area contributed by atoms with E-state index in [9.17, 15) is 14.0 Å². The van der Waals surface area contributed by atoms with Crippen molar-refractivity contribution in [1.82, 2.24) is 18.9 Å². The van der Waals surface area contributed by atoms with Gasteiger partial charge in [0, 0.05) is 19.4 Å². The summed E-state index contributed by atoms with van der Waals surface area (Å²) >= 11 is 6.10. The van der Waals surface area contributed by atoms with Gasteiger partial charge in [0.2, 0.25) is 5.82 Å². The van der Waals surface area contributed by atoms with Gasteiger partial charge in [0.25, 0.3) is 5.56 Å². The summed E-state index contributed by atoms with van der Waals surface area (Å²) in [6.45, 7) is -0.124. The average Bonchev–Trinajstić information content (AvgIpc) is 2.98. The molecule has 118 valence electrons. The molecule has 6 nitrogen and oxygen atoms in total. The zero-order valence-electron chi connectivity index (χ0n) is 12.1. The molecule has 1 aromatic carbocycles. The molecule has 0 fully saturated rings. The molecule has 0 amide bonds. The third-order valence-electron chi connectivity index (χ3n) is 3.35. The lowest BCUT2D eigenvalue weighted by atomic mass is 10.3. The first-order valence-electron chi connectivity index (χ1n) is 6.73. The molecule has 0 aliphatic carbocycles. The Hall–Kier alpha value is -2.67. The van der Waals surface area contributed by atoms with Crippen molar-refractivity contribution in [3.05, 3.63) is 80.1 Å². The van der Waals surface area contributed by atoms with Crippen LogP contribution in [0.4, 0.5) is 4.39 Å². The third-order valence-corrected chi connectivity index (χ3v) is 3.67. The van der Waals surface area contributed by atoms with Gasteiger partial charge >= 0.3 is 5.69 Å². The second kappa shape index (κ2) is 5.85. The molecular weight excluding hydrogens is 323 g/mol. The van der Waals surface area contributed by atoms with Gasteiger partial charge in [-0.25, -0.2) is 9.48 Å². The van der Waals surface area contributed by atoms with Crippen LogP contribution in [0.1, 0.15) is 5.69 Å². The summed E-state index contributed by atoms with van der Waals surface area (Å²) in [5.41, 5.74) is -0.473. The summed E-state index contributed by atoms with van der Waals surface area (Å²) in [5.74, 6) is -0.988. The summed E-state index contributed by atoms with van der Waals surface area (Å²) < 4.78 is 16.9. The number of hydrogen-bond donors (Lipinski definition) is 0. The minimum absolute atomic E-state index is 0.124. The topological polar surface area (TPSA) is 61.8 Å². The van der Waals surface area contributed by atoms with Crippen LogP contribution in [-0.4, -0.2) is 18.9 Å². The third kappa shape index (κ3) is 2.83. The first-order valence-corrected chi connectivity index (χ1v) is 7.10. The lowest BCUT2D eigenvalue weighted by Crippen LogP contribution is -2.40. The molecule has 0 atom stereocenters. The smallest absolute Gasteiger partial charge is 0.301 e. The van der Waals surface area contributed by atoms with E-state index in [1.807, 2.05) is 6.07 Å². The summed E-state index contributed by atoms with van der Waals surface area (Å²) in [7, 11) is 1.38. The lowest BCUT2D eigenvalue weighted by molar-refractivity contribution is 0.526. The summed E-state index contributed by atoms with van der Waals surface area (Å²) in [5, 5.41) is 4.79. The molecular formula is C15H12ClFN4O2. The standard InChI is InChI=1S/C15H12ClFN4O2/c1-19-9-12(17)14(22)20(15(19)23)8-10-6-7-21(18-10)13-5-3-2-4-11(13)16/h2-7,9H,8H2,1H3. The van der Waals surface area contributed by atoms with Crippen LogP contribution < -0.4 is 11.2 Å². The van der Waals surface area contributed by atoms with Crippen molar-refractivity contribution >= 4 is 11.6 Å². The van der Waals surface area contributed by atoms with Gasteiger partial charge in [0.1, 0.15) is 0 Å². The van der Waals surface area contributed by atoms with Crippen molar-refractivity contribution in [1.29, 1.82) is 0 Å². The Morgan fingerprint density at radius 1 is 1.22 bits per heavy atom. The highest BCUT2D eigenvalue weighted by molar-refractivity contribution is 6.32. The monoisotopic (exact) mass is 334 g/mol. The second-order valence-electron chi connectivity index (χ2n) is 4.96. The molecule has 0 radical (unpaired) electrons. The van der Waals surface area contributed by atoms with Gasteiger partial charge in [-0.3, -0.25) is 9.36 Å². The van der Waals surface area contributed by atoms with Crippen LogP contribution in [0.15, 0.2) is 52.3 Å². The highest BCUT2D eigenvalue weighted by Crippen LogP contribution is 2.19. The first kappa shape index (κ1) is 15.2. The van der Waals surface area contributed by atoms with Gasteiger partial charge in [-0.15, -0.1) is 0 Å². The quantitative estimate of drug-likeness (QED) is 0.730. The maximum absolute atomic E-state index is 13.5. The van der Waals surface area contributed by atoms with Crippen molar-refractivity contribution in [2.45, 2.75) is 6.54 Å². The van der Waals surface area contributed by atoms with Crippen LogP contribution in [0.3, 0.4) is 0 Å². The van der Waals surface area contributed by atoms with Gasteiger partial charge in [-0.2, -0.15) is 9.49 Å². The minimum atomic E-state index is -0.988. The number of para-hydroxylation sites is 1. The number of nitrogens with zero attached hydrogens (tertiary/aromatic N) is 4. The highest BCUT2D eigenvalue weighted by atomic mass is 35.5. The van der Waals surface area contributed by atoms with Gasteiger partial charge in [0.05, 0.1) is 22.9 Å². The van der Waals surface area contributed by atoms with Crippen LogP contribution in [0.5, 0.6) is 0 Å². The van der Waals surface area contributed by atoms with Gasteiger partial charge < -0.3 is 4.57 Å². The van der Waals surface area contributed by atoms with Gasteiger partial charge in [-0.1, -0.05) is 23.7 Å². The number of aromatic nitrogens is 4. The van der Waals surface area contributed by atoms with Crippen LogP contribution >= 0.6 is 11.6 Å². The molecule has 23 heavy (non-hydrogen) atoms.